The number of rotatable bonds is 9. The van der Waals surface area contributed by atoms with E-state index in [4.69, 9.17) is 4.74 Å². The smallest absolute Gasteiger partial charge is 0.320 e. The Labute approximate surface area is 99.1 Å². The van der Waals surface area contributed by atoms with Crippen LogP contribution in [0.2, 0.25) is 0 Å². The van der Waals surface area contributed by atoms with Crippen LogP contribution in [0, 0.1) is 5.92 Å². The Hall–Kier alpha value is -0.570. The number of hydrogen-bond donors (Lipinski definition) is 0. The van der Waals surface area contributed by atoms with E-state index in [-0.39, 0.29) is 5.97 Å². The minimum Gasteiger partial charge on any atom is -0.465 e. The first-order chi connectivity index (χ1) is 7.76. The van der Waals surface area contributed by atoms with Gasteiger partial charge in [-0.2, -0.15) is 0 Å². The summed E-state index contributed by atoms with van der Waals surface area (Å²) in [5, 5.41) is 0. The quantitative estimate of drug-likeness (QED) is 0.447. The lowest BCUT2D eigenvalue weighted by Crippen LogP contribution is -2.33. The van der Waals surface area contributed by atoms with E-state index in [9.17, 15) is 4.79 Å². The first-order valence-electron chi connectivity index (χ1n) is 6.64. The summed E-state index contributed by atoms with van der Waals surface area (Å²) in [7, 11) is 0. The van der Waals surface area contributed by atoms with E-state index in [0.29, 0.717) is 13.2 Å². The molecule has 0 N–H and O–H groups in total. The summed E-state index contributed by atoms with van der Waals surface area (Å²) in [6.45, 7) is 7.41. The Kier molecular flexibility index (Phi) is 6.46. The molecule has 0 unspecified atom stereocenters. The van der Waals surface area contributed by atoms with Gasteiger partial charge in [0, 0.05) is 6.54 Å². The molecule has 3 nitrogen and oxygen atoms in total. The van der Waals surface area contributed by atoms with E-state index >= 15 is 0 Å². The van der Waals surface area contributed by atoms with Gasteiger partial charge in [0.15, 0.2) is 0 Å². The zero-order valence-electron chi connectivity index (χ0n) is 10.7. The zero-order chi connectivity index (χ0) is 11.8. The summed E-state index contributed by atoms with van der Waals surface area (Å²) in [5.74, 6) is 0.789. The Morgan fingerprint density at radius 3 is 2.62 bits per heavy atom. The molecule has 0 aromatic carbocycles. The molecule has 0 saturated heterocycles. The highest BCUT2D eigenvalue weighted by molar-refractivity contribution is 5.71. The van der Waals surface area contributed by atoms with Crippen molar-refractivity contribution in [1.82, 2.24) is 4.90 Å². The maximum absolute atomic E-state index is 11.5. The third kappa shape index (κ3) is 6.11. The van der Waals surface area contributed by atoms with Crippen molar-refractivity contribution in [2.75, 3.05) is 26.2 Å². The van der Waals surface area contributed by atoms with Crippen molar-refractivity contribution in [2.24, 2.45) is 5.92 Å². The first-order valence-corrected chi connectivity index (χ1v) is 6.64. The van der Waals surface area contributed by atoms with Crippen LogP contribution >= 0.6 is 0 Å². The minimum absolute atomic E-state index is 0.0532. The number of ether oxygens (including phenoxy) is 1. The molecule has 0 aromatic rings. The van der Waals surface area contributed by atoms with Crippen LogP contribution in [0.5, 0.6) is 0 Å². The Morgan fingerprint density at radius 1 is 1.31 bits per heavy atom. The molecule has 1 aliphatic rings. The molecule has 16 heavy (non-hydrogen) atoms. The van der Waals surface area contributed by atoms with Crippen molar-refractivity contribution in [2.45, 2.75) is 46.0 Å². The second kappa shape index (κ2) is 7.66. The van der Waals surface area contributed by atoms with E-state index in [1.807, 2.05) is 0 Å². The van der Waals surface area contributed by atoms with Gasteiger partial charge in [-0.3, -0.25) is 9.69 Å². The van der Waals surface area contributed by atoms with Gasteiger partial charge in [-0.15, -0.1) is 0 Å². The van der Waals surface area contributed by atoms with Gasteiger partial charge < -0.3 is 4.74 Å². The van der Waals surface area contributed by atoms with Gasteiger partial charge in [0.25, 0.3) is 0 Å². The van der Waals surface area contributed by atoms with Gasteiger partial charge in [-0.05, 0) is 38.1 Å². The Bertz CT molecular complexity index is 202. The summed E-state index contributed by atoms with van der Waals surface area (Å²) in [5.41, 5.74) is 0. The number of carbonyl (C=O) groups excluding carboxylic acids is 1. The summed E-state index contributed by atoms with van der Waals surface area (Å²) in [4.78, 5) is 13.8. The number of hydrogen-bond acceptors (Lipinski definition) is 3. The highest BCUT2D eigenvalue weighted by Gasteiger charge is 2.25. The van der Waals surface area contributed by atoms with Crippen LogP contribution in [0.4, 0.5) is 0 Å². The van der Waals surface area contributed by atoms with E-state index < -0.39 is 0 Å². The lowest BCUT2D eigenvalue weighted by atomic mass is 10.3. The fourth-order valence-corrected chi connectivity index (χ4v) is 1.78. The molecule has 94 valence electrons. The second-order valence-corrected chi connectivity index (χ2v) is 4.75. The topological polar surface area (TPSA) is 29.5 Å². The molecule has 0 amide bonds. The Balaban J connectivity index is 2.15. The molecule has 1 saturated carbocycles. The summed E-state index contributed by atoms with van der Waals surface area (Å²) in [6.07, 6.45) is 5.83. The van der Waals surface area contributed by atoms with E-state index in [2.05, 4.69) is 18.7 Å². The molecule has 0 radical (unpaired) electrons. The number of nitrogens with zero attached hydrogens (tertiary/aromatic N) is 1. The highest BCUT2D eigenvalue weighted by Crippen LogP contribution is 2.29. The lowest BCUT2D eigenvalue weighted by Gasteiger charge is -2.20. The van der Waals surface area contributed by atoms with E-state index in [1.165, 1.54) is 12.8 Å². The molecule has 1 fully saturated rings. The van der Waals surface area contributed by atoms with Gasteiger partial charge in [-0.25, -0.2) is 0 Å². The molecule has 1 aliphatic carbocycles. The monoisotopic (exact) mass is 227 g/mol. The highest BCUT2D eigenvalue weighted by atomic mass is 16.5. The molecule has 0 bridgehead atoms. The summed E-state index contributed by atoms with van der Waals surface area (Å²) >= 11 is 0. The van der Waals surface area contributed by atoms with Crippen LogP contribution in [-0.2, 0) is 9.53 Å². The van der Waals surface area contributed by atoms with Crippen LogP contribution in [-0.4, -0.2) is 37.1 Å². The Morgan fingerprint density at radius 2 is 2.06 bits per heavy atom. The van der Waals surface area contributed by atoms with Crippen LogP contribution < -0.4 is 0 Å². The first kappa shape index (κ1) is 13.5. The molecule has 0 aliphatic heterocycles. The molecular weight excluding hydrogens is 202 g/mol. The average molecular weight is 227 g/mol. The van der Waals surface area contributed by atoms with Crippen molar-refractivity contribution in [1.29, 1.82) is 0 Å². The summed E-state index contributed by atoms with van der Waals surface area (Å²) < 4.78 is 5.18. The van der Waals surface area contributed by atoms with Crippen molar-refractivity contribution < 1.29 is 9.53 Å². The van der Waals surface area contributed by atoms with Gasteiger partial charge in [0.1, 0.15) is 0 Å². The van der Waals surface area contributed by atoms with Gasteiger partial charge in [0.2, 0.25) is 0 Å². The van der Waals surface area contributed by atoms with Crippen LogP contribution in [0.15, 0.2) is 0 Å². The SMILES string of the molecule is CCCCOC(=O)CN(CCC)CC1CC1. The van der Waals surface area contributed by atoms with Crippen molar-refractivity contribution >= 4 is 5.97 Å². The average Bonchev–Trinajstić information content (AvgIpc) is 3.02. The maximum atomic E-state index is 11.5. The standard InChI is InChI=1S/C13H25NO2/c1-3-5-9-16-13(15)11-14(8-4-2)10-12-6-7-12/h12H,3-11H2,1-2H3. The summed E-state index contributed by atoms with van der Waals surface area (Å²) in [6, 6.07) is 0. The predicted octanol–water partition coefficient (Wildman–Crippen LogP) is 2.45. The fourth-order valence-electron chi connectivity index (χ4n) is 1.78. The van der Waals surface area contributed by atoms with Crippen LogP contribution in [0.25, 0.3) is 0 Å². The number of unbranched alkanes of at least 4 members (excludes halogenated alkanes) is 1. The predicted molar refractivity (Wildman–Crippen MR) is 65.3 cm³/mol. The second-order valence-electron chi connectivity index (χ2n) is 4.75. The minimum atomic E-state index is -0.0532. The van der Waals surface area contributed by atoms with Gasteiger partial charge >= 0.3 is 5.97 Å². The van der Waals surface area contributed by atoms with Crippen molar-refractivity contribution in [3.05, 3.63) is 0 Å². The molecule has 1 rings (SSSR count). The fraction of sp³-hybridized carbons (Fsp3) is 0.923. The van der Waals surface area contributed by atoms with E-state index in [1.54, 1.807) is 0 Å². The molecule has 0 atom stereocenters. The van der Waals surface area contributed by atoms with Gasteiger partial charge in [-0.1, -0.05) is 20.3 Å². The zero-order valence-corrected chi connectivity index (χ0v) is 10.7. The largest absolute Gasteiger partial charge is 0.465 e. The van der Waals surface area contributed by atoms with Crippen LogP contribution in [0.3, 0.4) is 0 Å². The molecule has 0 heterocycles. The maximum Gasteiger partial charge on any atom is 0.320 e. The third-order valence-electron chi connectivity index (χ3n) is 2.87. The third-order valence-corrected chi connectivity index (χ3v) is 2.87. The normalized spacial score (nSPS) is 15.4. The lowest BCUT2D eigenvalue weighted by molar-refractivity contribution is -0.145. The van der Waals surface area contributed by atoms with Crippen molar-refractivity contribution in [3.8, 4) is 0 Å². The molecular formula is C13H25NO2. The van der Waals surface area contributed by atoms with Gasteiger partial charge in [0.05, 0.1) is 13.2 Å². The number of carbonyl (C=O) groups is 1. The number of esters is 1. The van der Waals surface area contributed by atoms with Crippen LogP contribution in [0.1, 0.15) is 46.0 Å². The van der Waals surface area contributed by atoms with Crippen molar-refractivity contribution in [3.63, 3.8) is 0 Å². The molecule has 3 heteroatoms. The molecule has 0 aromatic heterocycles. The van der Waals surface area contributed by atoms with E-state index in [0.717, 1.165) is 38.3 Å². The molecule has 0 spiro atoms.